The maximum Gasteiger partial charge on any atom is 0.307 e. The first-order valence-corrected chi connectivity index (χ1v) is 12.4. The highest BCUT2D eigenvalue weighted by Crippen LogP contribution is 2.37. The van der Waals surface area contributed by atoms with E-state index in [-0.39, 0.29) is 47.8 Å². The van der Waals surface area contributed by atoms with Gasteiger partial charge < -0.3 is 20.7 Å². The fraction of sp³-hybridized carbons (Fsp3) is 0.522. The maximum atomic E-state index is 12.9. The molecular weight excluding hydrogens is 460 g/mol. The molecule has 1 heterocycles. The second-order valence-corrected chi connectivity index (χ2v) is 9.78. The summed E-state index contributed by atoms with van der Waals surface area (Å²) in [4.78, 5) is 44.0. The highest BCUT2D eigenvalue weighted by Gasteiger charge is 2.44. The Morgan fingerprint density at radius 3 is 2.42 bits per heavy atom. The number of ether oxygens (including phenoxy) is 1. The molecule has 1 aromatic rings. The summed E-state index contributed by atoms with van der Waals surface area (Å²) in [6.45, 7) is 2.20. The quantitative estimate of drug-likeness (QED) is 0.443. The summed E-state index contributed by atoms with van der Waals surface area (Å²) in [5, 5.41) is 2.97. The van der Waals surface area contributed by atoms with Crippen molar-refractivity contribution in [2.45, 2.75) is 62.8 Å². The first kappa shape index (κ1) is 25.2. The van der Waals surface area contributed by atoms with E-state index in [1.54, 1.807) is 24.3 Å². The molecule has 0 bridgehead atoms. The average Bonchev–Trinajstić information content (AvgIpc) is 3.14. The molecule has 1 aliphatic carbocycles. The van der Waals surface area contributed by atoms with Crippen molar-refractivity contribution in [2.75, 3.05) is 13.7 Å². The fourth-order valence-electron chi connectivity index (χ4n) is 4.22. The Bertz CT molecular complexity index is 929. The number of aliphatic imine (C=N–C) groups is 1. The number of amidine groups is 1. The maximum absolute atomic E-state index is 12.9. The van der Waals surface area contributed by atoms with Crippen molar-refractivity contribution in [1.82, 2.24) is 10.2 Å². The van der Waals surface area contributed by atoms with Crippen molar-refractivity contribution < 1.29 is 19.1 Å². The molecule has 2 amide bonds. The van der Waals surface area contributed by atoms with E-state index >= 15 is 0 Å². The number of nitrogens with one attached hydrogen (secondary N) is 1. The Kier molecular flexibility index (Phi) is 8.85. The summed E-state index contributed by atoms with van der Waals surface area (Å²) in [7, 11) is 1.32. The van der Waals surface area contributed by atoms with Crippen molar-refractivity contribution in [2.24, 2.45) is 10.7 Å². The van der Waals surface area contributed by atoms with Crippen molar-refractivity contribution in [3.63, 3.8) is 0 Å². The number of hydrogen-bond donors (Lipinski definition) is 2. The van der Waals surface area contributed by atoms with Crippen LogP contribution in [0.1, 0.15) is 61.4 Å². The van der Waals surface area contributed by atoms with Crippen molar-refractivity contribution in [1.29, 1.82) is 0 Å². The lowest BCUT2D eigenvalue weighted by Crippen LogP contribution is -2.47. The highest BCUT2D eigenvalue weighted by atomic mass is 32.2. The summed E-state index contributed by atoms with van der Waals surface area (Å²) in [6.07, 6.45) is 5.58. The van der Waals surface area contributed by atoms with Crippen molar-refractivity contribution >= 4 is 51.9 Å². The highest BCUT2D eigenvalue weighted by molar-refractivity contribution is 8.15. The number of amides is 2. The van der Waals surface area contributed by atoms with Crippen molar-refractivity contribution in [3.8, 4) is 0 Å². The molecule has 10 heteroatoms. The molecule has 1 saturated heterocycles. The minimum atomic E-state index is -0.423. The van der Waals surface area contributed by atoms with Gasteiger partial charge >= 0.3 is 5.97 Å². The summed E-state index contributed by atoms with van der Waals surface area (Å²) in [5.74, 6) is -0.914. The lowest BCUT2D eigenvalue weighted by Gasteiger charge is -2.36. The lowest BCUT2D eigenvalue weighted by molar-refractivity contribution is -0.140. The number of thioether (sulfide) groups is 1. The van der Waals surface area contributed by atoms with Gasteiger partial charge in [-0.3, -0.25) is 14.4 Å². The number of methoxy groups -OCH3 is 1. The van der Waals surface area contributed by atoms with Crippen LogP contribution in [0.25, 0.3) is 0 Å². The monoisotopic (exact) mass is 490 g/mol. The molecule has 2 aliphatic rings. The Hall–Kier alpha value is -2.46. The molecule has 1 aliphatic heterocycles. The molecule has 3 N–H and O–H groups in total. The molecule has 1 saturated carbocycles. The molecule has 33 heavy (non-hydrogen) atoms. The summed E-state index contributed by atoms with van der Waals surface area (Å²) in [6, 6.07) is 6.85. The second-order valence-electron chi connectivity index (χ2n) is 8.24. The van der Waals surface area contributed by atoms with Crippen LogP contribution in [0.4, 0.5) is 0 Å². The molecule has 3 rings (SSSR count). The van der Waals surface area contributed by atoms with Crippen LogP contribution in [0.3, 0.4) is 0 Å². The van der Waals surface area contributed by atoms with Gasteiger partial charge in [-0.1, -0.05) is 55.4 Å². The van der Waals surface area contributed by atoms with Gasteiger partial charge in [0.05, 0.1) is 13.5 Å². The molecule has 1 aromatic carbocycles. The first-order chi connectivity index (χ1) is 15.8. The number of rotatable bonds is 7. The van der Waals surface area contributed by atoms with Gasteiger partial charge in [0, 0.05) is 29.8 Å². The van der Waals surface area contributed by atoms with E-state index < -0.39 is 5.25 Å². The van der Waals surface area contributed by atoms with Crippen LogP contribution in [0, 0.1) is 0 Å². The topological polar surface area (TPSA) is 114 Å². The van der Waals surface area contributed by atoms with E-state index in [4.69, 9.17) is 18.0 Å². The number of nitrogens with two attached hydrogens (primary N) is 1. The first-order valence-electron chi connectivity index (χ1n) is 11.1. The Labute approximate surface area is 203 Å². The van der Waals surface area contributed by atoms with Crippen LogP contribution < -0.4 is 11.1 Å². The summed E-state index contributed by atoms with van der Waals surface area (Å²) in [5.41, 5.74) is 6.76. The van der Waals surface area contributed by atoms with Gasteiger partial charge in [-0.25, -0.2) is 0 Å². The predicted octanol–water partition coefficient (Wildman–Crippen LogP) is 2.63. The van der Waals surface area contributed by atoms with Gasteiger partial charge in [0.1, 0.15) is 10.2 Å². The largest absolute Gasteiger partial charge is 0.469 e. The van der Waals surface area contributed by atoms with Crippen LogP contribution in [-0.4, -0.2) is 63.8 Å². The Morgan fingerprint density at radius 1 is 1.18 bits per heavy atom. The normalized spacial score (nSPS) is 22.2. The summed E-state index contributed by atoms with van der Waals surface area (Å²) < 4.78 is 4.62. The van der Waals surface area contributed by atoms with Crippen molar-refractivity contribution in [3.05, 3.63) is 35.4 Å². The molecule has 0 radical (unpaired) electrons. The van der Waals surface area contributed by atoms with Gasteiger partial charge in [0.25, 0.3) is 5.91 Å². The summed E-state index contributed by atoms with van der Waals surface area (Å²) >= 11 is 6.28. The molecule has 2 fully saturated rings. The smallest absolute Gasteiger partial charge is 0.307 e. The third-order valence-electron chi connectivity index (χ3n) is 6.03. The number of benzene rings is 1. The van der Waals surface area contributed by atoms with E-state index in [9.17, 15) is 14.4 Å². The van der Waals surface area contributed by atoms with Gasteiger partial charge in [-0.15, -0.1) is 0 Å². The number of carbonyl (C=O) groups is 3. The van der Waals surface area contributed by atoms with Crippen LogP contribution in [-0.2, 0) is 14.3 Å². The van der Waals surface area contributed by atoms with Gasteiger partial charge in [-0.05, 0) is 31.9 Å². The third-order valence-corrected chi connectivity index (χ3v) is 7.64. The zero-order valence-corrected chi connectivity index (χ0v) is 20.5. The minimum absolute atomic E-state index is 0.113. The zero-order valence-electron chi connectivity index (χ0n) is 18.9. The zero-order chi connectivity index (χ0) is 24.0. The number of nitrogens with zero attached hydrogens (tertiary/aromatic N) is 2. The molecule has 0 spiro atoms. The van der Waals surface area contributed by atoms with E-state index in [1.807, 2.05) is 6.92 Å². The predicted molar refractivity (Wildman–Crippen MR) is 133 cm³/mol. The number of thiocarbonyl (C=S) groups is 1. The van der Waals surface area contributed by atoms with Crippen LogP contribution in [0.2, 0.25) is 0 Å². The SMILES string of the molecule is COC(=O)CCNC(=O)C1SC(=NC(=O)c2ccc(C(N)=S)cc2)N(C2CCCCC2)C1C. The van der Waals surface area contributed by atoms with Crippen LogP contribution in [0.5, 0.6) is 0 Å². The average molecular weight is 491 g/mol. The van der Waals surface area contributed by atoms with Crippen LogP contribution >= 0.6 is 24.0 Å². The van der Waals surface area contributed by atoms with E-state index in [0.29, 0.717) is 16.3 Å². The number of hydrogen-bond acceptors (Lipinski definition) is 6. The molecule has 2 atom stereocenters. The van der Waals surface area contributed by atoms with E-state index in [0.717, 1.165) is 25.7 Å². The van der Waals surface area contributed by atoms with E-state index in [1.165, 1.54) is 25.3 Å². The van der Waals surface area contributed by atoms with E-state index in [2.05, 4.69) is 19.9 Å². The molecule has 0 aromatic heterocycles. The molecule has 178 valence electrons. The Morgan fingerprint density at radius 2 is 1.82 bits per heavy atom. The fourth-order valence-corrected chi connectivity index (χ4v) is 5.67. The second kappa shape index (κ2) is 11.6. The Balaban J connectivity index is 1.79. The number of carbonyl (C=O) groups excluding carboxylic acids is 3. The standard InChI is InChI=1S/C23H30N4O4S2/c1-14-19(22(30)25-13-12-18(28)31-2)33-23(27(14)17-6-4-3-5-7-17)26-21(29)16-10-8-15(9-11-16)20(24)32/h8-11,14,17,19H,3-7,12-13H2,1-2H3,(H2,24,32)(H,25,30). The van der Waals surface area contributed by atoms with Crippen LogP contribution in [0.15, 0.2) is 29.3 Å². The molecule has 2 unspecified atom stereocenters. The van der Waals surface area contributed by atoms with Gasteiger partial charge in [0.15, 0.2) is 5.17 Å². The third kappa shape index (κ3) is 6.32. The lowest BCUT2D eigenvalue weighted by atomic mass is 9.93. The molecular formula is C23H30N4O4S2. The minimum Gasteiger partial charge on any atom is -0.469 e. The molecule has 8 nitrogen and oxygen atoms in total. The van der Waals surface area contributed by atoms with Gasteiger partial charge in [0.2, 0.25) is 5.91 Å². The van der Waals surface area contributed by atoms with Gasteiger partial charge in [-0.2, -0.15) is 4.99 Å². The number of esters is 1.